The number of fused-ring (bicyclic) bond motifs is 1. The lowest BCUT2D eigenvalue weighted by Crippen LogP contribution is -2.29. The highest BCUT2D eigenvalue weighted by Gasteiger charge is 2.15. The van der Waals surface area contributed by atoms with Crippen LogP contribution >= 0.6 is 0 Å². The fraction of sp³-hybridized carbons (Fsp3) is 0.267. The number of nitrogens with one attached hydrogen (secondary N) is 1. The number of aromatic nitrogens is 1. The number of ether oxygens (including phenoxy) is 1. The van der Waals surface area contributed by atoms with Crippen molar-refractivity contribution in [2.45, 2.75) is 26.4 Å². The summed E-state index contributed by atoms with van der Waals surface area (Å²) < 4.78 is 5.09. The summed E-state index contributed by atoms with van der Waals surface area (Å²) in [5.41, 5.74) is 3.57. The Morgan fingerprint density at radius 1 is 1.30 bits per heavy atom. The van der Waals surface area contributed by atoms with Crippen molar-refractivity contribution in [1.82, 2.24) is 10.4 Å². The first-order valence-corrected chi connectivity index (χ1v) is 6.31. The third kappa shape index (κ3) is 3.78. The quantitative estimate of drug-likeness (QED) is 0.674. The third-order valence-electron chi connectivity index (χ3n) is 2.44. The minimum absolute atomic E-state index is 0.539. The monoisotopic (exact) mass is 271 g/mol. The van der Waals surface area contributed by atoms with Crippen molar-refractivity contribution < 1.29 is 9.53 Å². The van der Waals surface area contributed by atoms with E-state index in [9.17, 15) is 4.79 Å². The van der Waals surface area contributed by atoms with Gasteiger partial charge in [0.25, 0.3) is 0 Å². The molecule has 0 aliphatic carbocycles. The van der Waals surface area contributed by atoms with Crippen LogP contribution in [0.4, 0.5) is 4.79 Å². The van der Waals surface area contributed by atoms with E-state index in [1.165, 1.54) is 0 Å². The second-order valence-corrected chi connectivity index (χ2v) is 5.29. The van der Waals surface area contributed by atoms with E-state index >= 15 is 0 Å². The van der Waals surface area contributed by atoms with E-state index in [1.54, 1.807) is 33.2 Å². The molecule has 1 amide bonds. The highest BCUT2D eigenvalue weighted by Crippen LogP contribution is 2.14. The van der Waals surface area contributed by atoms with Gasteiger partial charge in [-0.1, -0.05) is 18.2 Å². The largest absolute Gasteiger partial charge is 0.443 e. The van der Waals surface area contributed by atoms with Crippen molar-refractivity contribution >= 4 is 23.2 Å². The van der Waals surface area contributed by atoms with Crippen molar-refractivity contribution in [3.8, 4) is 0 Å². The summed E-state index contributed by atoms with van der Waals surface area (Å²) in [4.78, 5) is 15.7. The maximum atomic E-state index is 11.5. The number of amides is 1. The number of benzene rings is 1. The molecule has 0 radical (unpaired) electrons. The summed E-state index contributed by atoms with van der Waals surface area (Å²) in [6.45, 7) is 5.39. The Morgan fingerprint density at radius 2 is 2.05 bits per heavy atom. The number of carbonyl (C=O) groups is 1. The molecule has 20 heavy (non-hydrogen) atoms. The Hall–Kier alpha value is -2.43. The van der Waals surface area contributed by atoms with Gasteiger partial charge >= 0.3 is 6.09 Å². The molecule has 0 atom stereocenters. The van der Waals surface area contributed by atoms with Gasteiger partial charge in [0.05, 0.1) is 11.7 Å². The molecule has 0 saturated carbocycles. The SMILES string of the molecule is CC(C)(C)OC(=O)NN=Cc1ccnc2ccccc12. The molecule has 104 valence electrons. The summed E-state index contributed by atoms with van der Waals surface area (Å²) in [5, 5.41) is 4.88. The second kappa shape index (κ2) is 5.69. The van der Waals surface area contributed by atoms with Crippen molar-refractivity contribution in [3.05, 3.63) is 42.1 Å². The standard InChI is InChI=1S/C15H17N3O2/c1-15(2,3)20-14(19)18-17-10-11-8-9-16-13-7-5-4-6-12(11)13/h4-10H,1-3H3,(H,18,19). The van der Waals surface area contributed by atoms with Gasteiger partial charge in [-0.05, 0) is 32.9 Å². The predicted octanol–water partition coefficient (Wildman–Crippen LogP) is 3.09. The maximum Gasteiger partial charge on any atom is 0.428 e. The van der Waals surface area contributed by atoms with E-state index in [0.29, 0.717) is 0 Å². The number of hydrogen-bond acceptors (Lipinski definition) is 4. The molecule has 1 aromatic carbocycles. The highest BCUT2D eigenvalue weighted by molar-refractivity contribution is 5.98. The molecule has 1 heterocycles. The van der Waals surface area contributed by atoms with Crippen LogP contribution in [0.25, 0.3) is 10.9 Å². The second-order valence-electron chi connectivity index (χ2n) is 5.29. The number of hydrazone groups is 1. The van der Waals surface area contributed by atoms with Crippen LogP contribution in [0, 0.1) is 0 Å². The smallest absolute Gasteiger partial charge is 0.428 e. The summed E-state index contributed by atoms with van der Waals surface area (Å²) in [6, 6.07) is 9.57. The van der Waals surface area contributed by atoms with Gasteiger partial charge in [-0.3, -0.25) is 4.98 Å². The van der Waals surface area contributed by atoms with Crippen LogP contribution in [-0.4, -0.2) is 22.9 Å². The summed E-state index contributed by atoms with van der Waals surface area (Å²) in [7, 11) is 0. The van der Waals surface area contributed by atoms with Gasteiger partial charge in [0.1, 0.15) is 5.60 Å². The lowest BCUT2D eigenvalue weighted by atomic mass is 10.1. The van der Waals surface area contributed by atoms with Gasteiger partial charge in [-0.25, -0.2) is 10.2 Å². The molecule has 0 aliphatic heterocycles. The van der Waals surface area contributed by atoms with Crippen LogP contribution in [0.1, 0.15) is 26.3 Å². The Labute approximate surface area is 117 Å². The van der Waals surface area contributed by atoms with Crippen LogP contribution in [0.3, 0.4) is 0 Å². The van der Waals surface area contributed by atoms with E-state index in [1.807, 2.05) is 30.3 Å². The average molecular weight is 271 g/mol. The minimum Gasteiger partial charge on any atom is -0.443 e. The molecule has 2 aromatic rings. The van der Waals surface area contributed by atoms with Crippen LogP contribution < -0.4 is 5.43 Å². The van der Waals surface area contributed by atoms with Crippen LogP contribution in [0.2, 0.25) is 0 Å². The fourth-order valence-corrected chi connectivity index (χ4v) is 1.69. The molecule has 0 bridgehead atoms. The highest BCUT2D eigenvalue weighted by atomic mass is 16.6. The van der Waals surface area contributed by atoms with Crippen molar-refractivity contribution in [3.63, 3.8) is 0 Å². The number of carbonyl (C=O) groups excluding carboxylic acids is 1. The van der Waals surface area contributed by atoms with Gasteiger partial charge in [-0.15, -0.1) is 0 Å². The predicted molar refractivity (Wildman–Crippen MR) is 78.7 cm³/mol. The molecule has 0 aliphatic rings. The van der Waals surface area contributed by atoms with Gasteiger partial charge < -0.3 is 4.74 Å². The van der Waals surface area contributed by atoms with E-state index in [0.717, 1.165) is 16.5 Å². The number of hydrogen-bond donors (Lipinski definition) is 1. The molecule has 2 rings (SSSR count). The lowest BCUT2D eigenvalue weighted by molar-refractivity contribution is 0.0529. The van der Waals surface area contributed by atoms with Gasteiger partial charge in [0.2, 0.25) is 0 Å². The van der Waals surface area contributed by atoms with Crippen molar-refractivity contribution in [2.24, 2.45) is 5.10 Å². The normalized spacial score (nSPS) is 11.8. The van der Waals surface area contributed by atoms with E-state index < -0.39 is 11.7 Å². The van der Waals surface area contributed by atoms with Crippen LogP contribution in [-0.2, 0) is 4.74 Å². The summed E-state index contributed by atoms with van der Waals surface area (Å²) in [6.07, 6.45) is 2.71. The number of pyridine rings is 1. The van der Waals surface area contributed by atoms with Gasteiger partial charge in [-0.2, -0.15) is 5.10 Å². The average Bonchev–Trinajstić information content (AvgIpc) is 2.37. The first-order valence-electron chi connectivity index (χ1n) is 6.31. The van der Waals surface area contributed by atoms with E-state index in [2.05, 4.69) is 15.5 Å². The van der Waals surface area contributed by atoms with Crippen LogP contribution in [0.5, 0.6) is 0 Å². The number of nitrogens with zero attached hydrogens (tertiary/aromatic N) is 2. The molecular formula is C15H17N3O2. The summed E-state index contributed by atoms with van der Waals surface area (Å²) in [5.74, 6) is 0. The Bertz CT molecular complexity index is 640. The first-order chi connectivity index (χ1) is 9.46. The fourth-order valence-electron chi connectivity index (χ4n) is 1.69. The zero-order valence-electron chi connectivity index (χ0n) is 11.8. The Kier molecular flexibility index (Phi) is 3.98. The molecule has 0 spiro atoms. The zero-order valence-corrected chi connectivity index (χ0v) is 11.8. The zero-order chi connectivity index (χ0) is 14.6. The molecule has 5 heteroatoms. The molecular weight excluding hydrogens is 254 g/mol. The number of para-hydroxylation sites is 1. The third-order valence-corrected chi connectivity index (χ3v) is 2.44. The van der Waals surface area contributed by atoms with E-state index in [4.69, 9.17) is 4.74 Å². The van der Waals surface area contributed by atoms with Crippen LogP contribution in [0.15, 0.2) is 41.6 Å². The van der Waals surface area contributed by atoms with Gasteiger partial charge in [0, 0.05) is 17.1 Å². The Morgan fingerprint density at radius 3 is 2.80 bits per heavy atom. The molecule has 0 unspecified atom stereocenters. The maximum absolute atomic E-state index is 11.5. The van der Waals surface area contributed by atoms with Crippen molar-refractivity contribution in [2.75, 3.05) is 0 Å². The molecule has 5 nitrogen and oxygen atoms in total. The van der Waals surface area contributed by atoms with Gasteiger partial charge in [0.15, 0.2) is 0 Å². The molecule has 0 fully saturated rings. The Balaban J connectivity index is 2.09. The molecule has 1 N–H and O–H groups in total. The first kappa shape index (κ1) is 14.0. The number of rotatable bonds is 2. The van der Waals surface area contributed by atoms with Crippen molar-refractivity contribution in [1.29, 1.82) is 0 Å². The molecule has 1 aromatic heterocycles. The lowest BCUT2D eigenvalue weighted by Gasteiger charge is -2.18. The molecule has 0 saturated heterocycles. The topological polar surface area (TPSA) is 63.6 Å². The summed E-state index contributed by atoms with van der Waals surface area (Å²) >= 11 is 0. The van der Waals surface area contributed by atoms with E-state index in [-0.39, 0.29) is 0 Å². The minimum atomic E-state index is -0.577.